The molecule has 1 nitrogen and oxygen atoms in total. The van der Waals surface area contributed by atoms with Gasteiger partial charge in [0.15, 0.2) is 0 Å². The number of rotatable bonds is 4. The fourth-order valence-corrected chi connectivity index (χ4v) is 1.74. The summed E-state index contributed by atoms with van der Waals surface area (Å²) < 4.78 is 0. The molecule has 15 heavy (non-hydrogen) atoms. The van der Waals surface area contributed by atoms with Crippen molar-refractivity contribution < 1.29 is 5.11 Å². The van der Waals surface area contributed by atoms with E-state index in [-0.39, 0.29) is 6.61 Å². The highest BCUT2D eigenvalue weighted by molar-refractivity contribution is 5.54. The molecule has 0 saturated heterocycles. The lowest BCUT2D eigenvalue weighted by molar-refractivity contribution is 0.281. The van der Waals surface area contributed by atoms with Crippen molar-refractivity contribution >= 4 is 6.08 Å². The molecule has 0 heterocycles. The van der Waals surface area contributed by atoms with Gasteiger partial charge in [-0.25, -0.2) is 0 Å². The van der Waals surface area contributed by atoms with E-state index in [0.29, 0.717) is 0 Å². The Hall–Kier alpha value is -1.08. The van der Waals surface area contributed by atoms with E-state index in [0.717, 1.165) is 17.5 Å². The number of hydrogen-bond acceptors (Lipinski definition) is 1. The van der Waals surface area contributed by atoms with Crippen molar-refractivity contribution in [2.24, 2.45) is 0 Å². The van der Waals surface area contributed by atoms with Crippen molar-refractivity contribution in [2.75, 3.05) is 0 Å². The highest BCUT2D eigenvalue weighted by Gasteiger charge is 1.97. The maximum Gasteiger partial charge on any atom is 0.0684 e. The van der Waals surface area contributed by atoms with Crippen LogP contribution >= 0.6 is 0 Å². The third-order valence-corrected chi connectivity index (χ3v) is 2.59. The van der Waals surface area contributed by atoms with Crippen molar-refractivity contribution in [3.05, 3.63) is 40.5 Å². The molecular weight excluding hydrogens is 184 g/mol. The van der Waals surface area contributed by atoms with Crippen molar-refractivity contribution in [1.29, 1.82) is 0 Å². The number of benzene rings is 1. The van der Waals surface area contributed by atoms with Gasteiger partial charge in [0, 0.05) is 0 Å². The molecule has 0 fully saturated rings. The first-order valence-corrected chi connectivity index (χ1v) is 5.55. The molecule has 0 aliphatic carbocycles. The molecule has 1 heteroatoms. The first-order valence-electron chi connectivity index (χ1n) is 5.55. The van der Waals surface area contributed by atoms with E-state index < -0.39 is 0 Å². The van der Waals surface area contributed by atoms with Crippen LogP contribution in [0.3, 0.4) is 0 Å². The van der Waals surface area contributed by atoms with E-state index >= 15 is 0 Å². The van der Waals surface area contributed by atoms with E-state index in [9.17, 15) is 0 Å². The van der Waals surface area contributed by atoms with Crippen LogP contribution in [-0.4, -0.2) is 5.11 Å². The van der Waals surface area contributed by atoms with Crippen molar-refractivity contribution in [3.8, 4) is 0 Å². The zero-order valence-electron chi connectivity index (χ0n) is 9.88. The summed E-state index contributed by atoms with van der Waals surface area (Å²) in [6.07, 6.45) is 4.56. The first kappa shape index (κ1) is 12.0. The van der Waals surface area contributed by atoms with Gasteiger partial charge in [-0.15, -0.1) is 0 Å². The normalized spacial score (nSPS) is 11.9. The molecule has 0 aliphatic heterocycles. The van der Waals surface area contributed by atoms with Gasteiger partial charge >= 0.3 is 0 Å². The monoisotopic (exact) mass is 204 g/mol. The van der Waals surface area contributed by atoms with Gasteiger partial charge in [0.2, 0.25) is 0 Å². The van der Waals surface area contributed by atoms with Crippen molar-refractivity contribution in [2.45, 2.75) is 40.2 Å². The van der Waals surface area contributed by atoms with Gasteiger partial charge < -0.3 is 5.11 Å². The molecule has 0 radical (unpaired) electrons. The van der Waals surface area contributed by atoms with E-state index in [1.807, 2.05) is 13.0 Å². The maximum atomic E-state index is 9.06. The van der Waals surface area contributed by atoms with E-state index in [2.05, 4.69) is 32.1 Å². The lowest BCUT2D eigenvalue weighted by Gasteiger charge is -2.04. The second-order valence-electron chi connectivity index (χ2n) is 4.08. The second-order valence-corrected chi connectivity index (χ2v) is 4.08. The molecule has 1 aromatic carbocycles. The smallest absolute Gasteiger partial charge is 0.0684 e. The van der Waals surface area contributed by atoms with Crippen molar-refractivity contribution in [3.63, 3.8) is 0 Å². The Kier molecular flexibility index (Phi) is 4.57. The Bertz CT molecular complexity index is 350. The lowest BCUT2D eigenvalue weighted by atomic mass is 10.0. The summed E-state index contributed by atoms with van der Waals surface area (Å²) in [7, 11) is 0. The van der Waals surface area contributed by atoms with Crippen LogP contribution in [0.15, 0.2) is 23.8 Å². The van der Waals surface area contributed by atoms with E-state index in [1.165, 1.54) is 17.6 Å². The van der Waals surface area contributed by atoms with Crippen LogP contribution in [0.4, 0.5) is 0 Å². The highest BCUT2D eigenvalue weighted by atomic mass is 16.3. The summed E-state index contributed by atoms with van der Waals surface area (Å²) in [5.41, 5.74) is 4.82. The fraction of sp³-hybridized carbons (Fsp3) is 0.429. The van der Waals surface area contributed by atoms with Crippen LogP contribution in [0, 0.1) is 6.92 Å². The molecule has 1 N–H and O–H groups in total. The predicted octanol–water partition coefficient (Wildman–Crippen LogP) is 3.69. The summed E-state index contributed by atoms with van der Waals surface area (Å²) in [6, 6.07) is 6.20. The molecule has 1 aromatic rings. The molecule has 1 rings (SSSR count). The standard InChI is InChI=1S/C14H20O/c1-4-5-11(2)8-13-6-7-14(10-15)12(3)9-13/h6-9,15H,4-5,10H2,1-3H3. The number of aliphatic hydroxyl groups is 1. The van der Waals surface area contributed by atoms with Crippen molar-refractivity contribution in [1.82, 2.24) is 0 Å². The van der Waals surface area contributed by atoms with Gasteiger partial charge in [0.05, 0.1) is 6.61 Å². The zero-order valence-corrected chi connectivity index (χ0v) is 9.88. The van der Waals surface area contributed by atoms with Crippen LogP contribution < -0.4 is 0 Å². The molecule has 0 saturated carbocycles. The molecule has 82 valence electrons. The number of hydrogen-bond donors (Lipinski definition) is 1. The summed E-state index contributed by atoms with van der Waals surface area (Å²) in [4.78, 5) is 0. The van der Waals surface area contributed by atoms with Gasteiger partial charge in [0.25, 0.3) is 0 Å². The molecule has 0 bridgehead atoms. The third-order valence-electron chi connectivity index (χ3n) is 2.59. The van der Waals surface area contributed by atoms with Crippen LogP contribution in [0.25, 0.3) is 6.08 Å². The third kappa shape index (κ3) is 3.52. The largest absolute Gasteiger partial charge is 0.392 e. The Morgan fingerprint density at radius 3 is 2.67 bits per heavy atom. The molecule has 0 aromatic heterocycles. The maximum absolute atomic E-state index is 9.06. The molecule has 0 amide bonds. The number of aryl methyl sites for hydroxylation is 1. The van der Waals surface area contributed by atoms with Gasteiger partial charge in [0.1, 0.15) is 0 Å². The SMILES string of the molecule is CCCC(C)=Cc1ccc(CO)c(C)c1. The van der Waals surface area contributed by atoms with E-state index in [4.69, 9.17) is 5.11 Å². The summed E-state index contributed by atoms with van der Waals surface area (Å²) in [5, 5.41) is 9.06. The Morgan fingerprint density at radius 1 is 1.40 bits per heavy atom. The van der Waals surface area contributed by atoms with Gasteiger partial charge in [-0.3, -0.25) is 0 Å². The van der Waals surface area contributed by atoms with Gasteiger partial charge in [-0.05, 0) is 37.0 Å². The second kappa shape index (κ2) is 5.72. The van der Waals surface area contributed by atoms with Crippen LogP contribution in [0.5, 0.6) is 0 Å². The molecular formula is C14H20O. The summed E-state index contributed by atoms with van der Waals surface area (Å²) in [6.45, 7) is 6.53. The highest BCUT2D eigenvalue weighted by Crippen LogP contribution is 2.15. The number of allylic oxidation sites excluding steroid dienone is 1. The predicted molar refractivity (Wildman–Crippen MR) is 65.7 cm³/mol. The van der Waals surface area contributed by atoms with Crippen LogP contribution in [-0.2, 0) is 6.61 Å². The Balaban J connectivity index is 2.88. The van der Waals surface area contributed by atoms with Crippen LogP contribution in [0.2, 0.25) is 0 Å². The zero-order chi connectivity index (χ0) is 11.3. The first-order chi connectivity index (χ1) is 7.17. The quantitative estimate of drug-likeness (QED) is 0.793. The average molecular weight is 204 g/mol. The number of aliphatic hydroxyl groups excluding tert-OH is 1. The summed E-state index contributed by atoms with van der Waals surface area (Å²) >= 11 is 0. The van der Waals surface area contributed by atoms with Gasteiger partial charge in [-0.1, -0.05) is 43.2 Å². The van der Waals surface area contributed by atoms with Gasteiger partial charge in [-0.2, -0.15) is 0 Å². The Labute approximate surface area is 92.5 Å². The van der Waals surface area contributed by atoms with Crippen LogP contribution in [0.1, 0.15) is 43.4 Å². The molecule has 0 unspecified atom stereocenters. The minimum atomic E-state index is 0.129. The topological polar surface area (TPSA) is 20.2 Å². The minimum absolute atomic E-state index is 0.129. The fourth-order valence-electron chi connectivity index (χ4n) is 1.74. The lowest BCUT2D eigenvalue weighted by Crippen LogP contribution is -1.89. The summed E-state index contributed by atoms with van der Waals surface area (Å²) in [5.74, 6) is 0. The minimum Gasteiger partial charge on any atom is -0.392 e. The average Bonchev–Trinajstić information content (AvgIpc) is 2.18. The Morgan fingerprint density at radius 2 is 2.13 bits per heavy atom. The molecule has 0 spiro atoms. The molecule has 0 atom stereocenters. The van der Waals surface area contributed by atoms with E-state index in [1.54, 1.807) is 0 Å². The molecule has 0 aliphatic rings.